The zero-order chi connectivity index (χ0) is 15.2. The molecule has 2 aromatic heterocycles. The molecule has 22 heavy (non-hydrogen) atoms. The normalized spacial score (nSPS) is 20.5. The van der Waals surface area contributed by atoms with Crippen molar-refractivity contribution in [3.8, 4) is 0 Å². The van der Waals surface area contributed by atoms with Gasteiger partial charge in [-0.2, -0.15) is 5.10 Å². The Morgan fingerprint density at radius 1 is 1.45 bits per heavy atom. The summed E-state index contributed by atoms with van der Waals surface area (Å²) in [7, 11) is 0. The minimum Gasteiger partial charge on any atom is -0.389 e. The van der Waals surface area contributed by atoms with E-state index in [1.165, 1.54) is 17.7 Å². The molecule has 5 nitrogen and oxygen atoms in total. The summed E-state index contributed by atoms with van der Waals surface area (Å²) >= 11 is 1.68. The lowest BCUT2D eigenvalue weighted by molar-refractivity contribution is 0.00741. The maximum atomic E-state index is 10.2. The summed E-state index contributed by atoms with van der Waals surface area (Å²) < 4.78 is 7.58. The fourth-order valence-corrected chi connectivity index (χ4v) is 3.62. The number of nitrogens with zero attached hydrogens (tertiary/aromatic N) is 3. The third-order valence-corrected chi connectivity index (χ3v) is 4.89. The number of likely N-dealkylation sites (tertiary alicyclic amines) is 1. The van der Waals surface area contributed by atoms with Crippen LogP contribution >= 0.6 is 11.3 Å². The van der Waals surface area contributed by atoms with Gasteiger partial charge in [0.25, 0.3) is 0 Å². The van der Waals surface area contributed by atoms with E-state index in [1.54, 1.807) is 11.3 Å². The number of ether oxygens (including phenoxy) is 1. The molecule has 1 N–H and O–H groups in total. The molecule has 0 saturated carbocycles. The maximum absolute atomic E-state index is 10.2. The first-order valence-electron chi connectivity index (χ1n) is 7.81. The summed E-state index contributed by atoms with van der Waals surface area (Å²) in [5.41, 5.74) is 0. The molecule has 2 aromatic rings. The van der Waals surface area contributed by atoms with Crippen LogP contribution in [0.1, 0.15) is 17.7 Å². The predicted molar refractivity (Wildman–Crippen MR) is 86.8 cm³/mol. The molecule has 3 heterocycles. The van der Waals surface area contributed by atoms with Crippen molar-refractivity contribution in [2.75, 3.05) is 19.7 Å². The van der Waals surface area contributed by atoms with Crippen molar-refractivity contribution in [3.63, 3.8) is 0 Å². The van der Waals surface area contributed by atoms with E-state index in [4.69, 9.17) is 4.74 Å². The van der Waals surface area contributed by atoms with Crippen LogP contribution in [0.25, 0.3) is 0 Å². The number of thiophene rings is 1. The van der Waals surface area contributed by atoms with E-state index in [2.05, 4.69) is 16.1 Å². The van der Waals surface area contributed by atoms with Gasteiger partial charge in [-0.15, -0.1) is 11.3 Å². The van der Waals surface area contributed by atoms with Crippen molar-refractivity contribution in [3.05, 3.63) is 40.8 Å². The molecule has 0 aromatic carbocycles. The summed E-state index contributed by atoms with van der Waals surface area (Å²) in [6.45, 7) is 3.61. The van der Waals surface area contributed by atoms with E-state index in [0.717, 1.165) is 13.1 Å². The molecule has 0 radical (unpaired) electrons. The van der Waals surface area contributed by atoms with E-state index in [-0.39, 0.29) is 0 Å². The van der Waals surface area contributed by atoms with E-state index in [1.807, 2.05) is 34.6 Å². The number of β-amino-alcohol motifs (C(OH)–C–C–N with tert-alkyl or cyclic N) is 1. The number of hydrogen-bond acceptors (Lipinski definition) is 5. The van der Waals surface area contributed by atoms with Crippen LogP contribution in [0.5, 0.6) is 0 Å². The van der Waals surface area contributed by atoms with Gasteiger partial charge in [0, 0.05) is 29.9 Å². The van der Waals surface area contributed by atoms with Gasteiger partial charge >= 0.3 is 0 Å². The largest absolute Gasteiger partial charge is 0.389 e. The van der Waals surface area contributed by atoms with Gasteiger partial charge in [-0.1, -0.05) is 6.07 Å². The van der Waals surface area contributed by atoms with E-state index >= 15 is 0 Å². The van der Waals surface area contributed by atoms with Crippen LogP contribution in [0.3, 0.4) is 0 Å². The quantitative estimate of drug-likeness (QED) is 0.808. The Kier molecular flexibility index (Phi) is 5.61. The van der Waals surface area contributed by atoms with Crippen molar-refractivity contribution in [2.45, 2.75) is 38.1 Å². The predicted octanol–water partition coefficient (Wildman–Crippen LogP) is 1.99. The molecule has 120 valence electrons. The summed E-state index contributed by atoms with van der Waals surface area (Å²) in [5, 5.41) is 16.5. The fraction of sp³-hybridized carbons (Fsp3) is 0.562. The summed E-state index contributed by atoms with van der Waals surface area (Å²) in [6.07, 6.45) is 5.74. The van der Waals surface area contributed by atoms with Crippen LogP contribution in [0.4, 0.5) is 0 Å². The Labute approximate surface area is 135 Å². The standard InChI is InChI=1S/C16H23N3O2S/c20-15(12-21-13-16-5-2-9-22-16)11-18-7-1-4-14(18)10-19-8-3-6-17-19/h2-3,5-6,8-9,14-15,20H,1,4,7,10-13H2/t14-,15-/m1/s1. The highest BCUT2D eigenvalue weighted by Gasteiger charge is 2.26. The van der Waals surface area contributed by atoms with Crippen LogP contribution in [0.2, 0.25) is 0 Å². The topological polar surface area (TPSA) is 50.5 Å². The minimum absolute atomic E-state index is 0.392. The number of hydrogen-bond donors (Lipinski definition) is 1. The Morgan fingerprint density at radius 3 is 3.18 bits per heavy atom. The fourth-order valence-electron chi connectivity index (χ4n) is 2.98. The lowest BCUT2D eigenvalue weighted by Gasteiger charge is -2.26. The molecule has 1 saturated heterocycles. The molecule has 0 spiro atoms. The monoisotopic (exact) mass is 321 g/mol. The number of aromatic nitrogens is 2. The molecule has 3 rings (SSSR count). The van der Waals surface area contributed by atoms with Gasteiger partial charge in [0.15, 0.2) is 0 Å². The van der Waals surface area contributed by atoms with E-state index < -0.39 is 6.10 Å². The first-order chi connectivity index (χ1) is 10.8. The number of aliphatic hydroxyl groups excluding tert-OH is 1. The Balaban J connectivity index is 1.40. The van der Waals surface area contributed by atoms with Gasteiger partial charge in [-0.25, -0.2) is 0 Å². The van der Waals surface area contributed by atoms with Crippen LogP contribution in [-0.2, 0) is 17.9 Å². The highest BCUT2D eigenvalue weighted by molar-refractivity contribution is 7.09. The Morgan fingerprint density at radius 2 is 2.41 bits per heavy atom. The van der Waals surface area contributed by atoms with E-state index in [0.29, 0.717) is 25.8 Å². The molecule has 2 atom stereocenters. The maximum Gasteiger partial charge on any atom is 0.0900 e. The Bertz CT molecular complexity index is 530. The summed E-state index contributed by atoms with van der Waals surface area (Å²) in [6, 6.07) is 6.49. The number of rotatable bonds is 8. The van der Waals surface area contributed by atoms with Gasteiger partial charge in [-0.05, 0) is 36.9 Å². The zero-order valence-electron chi connectivity index (χ0n) is 12.7. The first kappa shape index (κ1) is 15.7. The van der Waals surface area contributed by atoms with Gasteiger partial charge < -0.3 is 9.84 Å². The van der Waals surface area contributed by atoms with Crippen molar-refractivity contribution in [2.24, 2.45) is 0 Å². The molecule has 1 fully saturated rings. The molecular formula is C16H23N3O2S. The molecule has 0 unspecified atom stereocenters. The SMILES string of the molecule is O[C@@H](COCc1cccs1)CN1CCC[C@@H]1Cn1cccn1. The van der Waals surface area contributed by atoms with E-state index in [9.17, 15) is 5.11 Å². The van der Waals surface area contributed by atoms with Crippen LogP contribution in [0, 0.1) is 0 Å². The average Bonchev–Trinajstić information content (AvgIpc) is 3.23. The minimum atomic E-state index is -0.432. The molecule has 0 bridgehead atoms. The second-order valence-electron chi connectivity index (χ2n) is 5.77. The van der Waals surface area contributed by atoms with Crippen molar-refractivity contribution in [1.82, 2.24) is 14.7 Å². The molecule has 1 aliphatic rings. The average molecular weight is 321 g/mol. The molecule has 0 amide bonds. The highest BCUT2D eigenvalue weighted by atomic mass is 32.1. The smallest absolute Gasteiger partial charge is 0.0900 e. The molecule has 1 aliphatic heterocycles. The molecule has 6 heteroatoms. The molecular weight excluding hydrogens is 298 g/mol. The Hall–Kier alpha value is -1.21. The third kappa shape index (κ3) is 4.39. The van der Waals surface area contributed by atoms with Gasteiger partial charge in [0.2, 0.25) is 0 Å². The van der Waals surface area contributed by atoms with Crippen LogP contribution < -0.4 is 0 Å². The second-order valence-corrected chi connectivity index (χ2v) is 6.80. The second kappa shape index (κ2) is 7.87. The first-order valence-corrected chi connectivity index (χ1v) is 8.69. The van der Waals surface area contributed by atoms with Gasteiger partial charge in [0.1, 0.15) is 0 Å². The van der Waals surface area contributed by atoms with Crippen LogP contribution in [-0.4, -0.2) is 51.6 Å². The van der Waals surface area contributed by atoms with Gasteiger partial charge in [-0.3, -0.25) is 9.58 Å². The third-order valence-electron chi connectivity index (χ3n) is 4.04. The summed E-state index contributed by atoms with van der Waals surface area (Å²) in [5.74, 6) is 0. The van der Waals surface area contributed by atoms with Crippen molar-refractivity contribution in [1.29, 1.82) is 0 Å². The number of aliphatic hydroxyl groups is 1. The van der Waals surface area contributed by atoms with Crippen molar-refractivity contribution >= 4 is 11.3 Å². The van der Waals surface area contributed by atoms with Gasteiger partial charge in [0.05, 0.1) is 25.9 Å². The lowest BCUT2D eigenvalue weighted by atomic mass is 10.2. The lowest BCUT2D eigenvalue weighted by Crippen LogP contribution is -2.40. The summed E-state index contributed by atoms with van der Waals surface area (Å²) in [4.78, 5) is 3.56. The molecule has 0 aliphatic carbocycles. The van der Waals surface area contributed by atoms with Crippen molar-refractivity contribution < 1.29 is 9.84 Å². The highest BCUT2D eigenvalue weighted by Crippen LogP contribution is 2.19. The zero-order valence-corrected chi connectivity index (χ0v) is 13.5. The van der Waals surface area contributed by atoms with Crippen LogP contribution in [0.15, 0.2) is 36.0 Å².